The van der Waals surface area contributed by atoms with Gasteiger partial charge in [-0.1, -0.05) is 18.2 Å². The van der Waals surface area contributed by atoms with E-state index < -0.39 is 11.6 Å². The van der Waals surface area contributed by atoms with Crippen LogP contribution in [0.4, 0.5) is 14.5 Å². The summed E-state index contributed by atoms with van der Waals surface area (Å²) in [6, 6.07) is 11.8. The minimum atomic E-state index is -0.543. The van der Waals surface area contributed by atoms with Crippen molar-refractivity contribution in [2.45, 2.75) is 6.04 Å². The molecule has 0 spiro atoms. The Morgan fingerprint density at radius 1 is 1.00 bits per heavy atom. The predicted octanol–water partition coefficient (Wildman–Crippen LogP) is 3.03. The molecule has 1 fully saturated rings. The summed E-state index contributed by atoms with van der Waals surface area (Å²) in [6.45, 7) is 3.40. The summed E-state index contributed by atoms with van der Waals surface area (Å²) in [5.74, 6) is -1.03. The topological polar surface area (TPSA) is 18.5 Å². The van der Waals surface area contributed by atoms with Crippen molar-refractivity contribution in [3.05, 3.63) is 65.2 Å². The first-order valence-corrected chi connectivity index (χ1v) is 8.23. The minimum Gasteiger partial charge on any atom is -0.378 e. The average molecular weight is 331 g/mol. The number of halogens is 2. The molecule has 0 saturated carbocycles. The molecule has 2 aromatic carbocycles. The lowest BCUT2D eigenvalue weighted by molar-refractivity contribution is 0.195. The van der Waals surface area contributed by atoms with Gasteiger partial charge in [0.15, 0.2) is 0 Å². The molecule has 2 aromatic rings. The van der Waals surface area contributed by atoms with E-state index in [2.05, 4.69) is 10.2 Å². The lowest BCUT2D eigenvalue weighted by Crippen LogP contribution is -2.45. The van der Waals surface area contributed by atoms with Gasteiger partial charge >= 0.3 is 0 Å². The highest BCUT2D eigenvalue weighted by Gasteiger charge is 2.26. The summed E-state index contributed by atoms with van der Waals surface area (Å²) in [6.07, 6.45) is 0. The Kier molecular flexibility index (Phi) is 5.11. The van der Waals surface area contributed by atoms with Crippen LogP contribution < -0.4 is 10.2 Å². The van der Waals surface area contributed by atoms with Crippen LogP contribution in [0.1, 0.15) is 17.2 Å². The third kappa shape index (κ3) is 3.57. The van der Waals surface area contributed by atoms with Crippen molar-refractivity contribution < 1.29 is 8.78 Å². The summed E-state index contributed by atoms with van der Waals surface area (Å²) in [4.78, 5) is 4.28. The number of rotatable bonds is 4. The van der Waals surface area contributed by atoms with Gasteiger partial charge in [0.05, 0.1) is 6.04 Å². The van der Waals surface area contributed by atoms with E-state index in [0.717, 1.165) is 43.5 Å². The molecule has 0 amide bonds. The molecule has 1 aliphatic heterocycles. The molecule has 24 heavy (non-hydrogen) atoms. The van der Waals surface area contributed by atoms with Gasteiger partial charge in [-0.15, -0.1) is 0 Å². The van der Waals surface area contributed by atoms with Gasteiger partial charge in [0.2, 0.25) is 0 Å². The quantitative estimate of drug-likeness (QED) is 0.929. The second kappa shape index (κ2) is 7.28. The number of nitrogens with one attached hydrogen (secondary N) is 1. The van der Waals surface area contributed by atoms with Crippen molar-refractivity contribution in [2.75, 3.05) is 45.2 Å². The smallest absolute Gasteiger partial charge is 0.131 e. The number of benzene rings is 2. The molecule has 5 heteroatoms. The molecule has 1 aliphatic rings. The Morgan fingerprint density at radius 2 is 1.67 bits per heavy atom. The minimum absolute atomic E-state index is 0.205. The van der Waals surface area contributed by atoms with Crippen molar-refractivity contribution in [3.8, 4) is 0 Å². The Bertz CT molecular complexity index is 680. The summed E-state index contributed by atoms with van der Waals surface area (Å²) < 4.78 is 27.8. The Labute approximate surface area is 141 Å². The summed E-state index contributed by atoms with van der Waals surface area (Å²) >= 11 is 0. The number of hydrogen-bond acceptors (Lipinski definition) is 3. The van der Waals surface area contributed by atoms with Gasteiger partial charge in [0, 0.05) is 57.6 Å². The van der Waals surface area contributed by atoms with E-state index in [0.29, 0.717) is 5.56 Å². The van der Waals surface area contributed by atoms with E-state index in [9.17, 15) is 8.78 Å². The fourth-order valence-corrected chi connectivity index (χ4v) is 3.21. The van der Waals surface area contributed by atoms with E-state index in [4.69, 9.17) is 0 Å². The average Bonchev–Trinajstić information content (AvgIpc) is 2.58. The molecule has 0 aliphatic carbocycles. The maximum absolute atomic E-state index is 14.5. The van der Waals surface area contributed by atoms with E-state index in [-0.39, 0.29) is 6.04 Å². The van der Waals surface area contributed by atoms with Gasteiger partial charge in [-0.3, -0.25) is 4.90 Å². The Hall–Kier alpha value is -1.98. The maximum atomic E-state index is 14.5. The third-order valence-electron chi connectivity index (χ3n) is 4.50. The van der Waals surface area contributed by atoms with Crippen LogP contribution in [-0.2, 0) is 0 Å². The molecule has 0 radical (unpaired) electrons. The van der Waals surface area contributed by atoms with Crippen molar-refractivity contribution in [3.63, 3.8) is 0 Å². The van der Waals surface area contributed by atoms with Crippen LogP contribution in [0.2, 0.25) is 0 Å². The van der Waals surface area contributed by atoms with Crippen LogP contribution >= 0.6 is 0 Å². The fraction of sp³-hybridized carbons (Fsp3) is 0.368. The third-order valence-corrected chi connectivity index (χ3v) is 4.50. The molecular formula is C19H23F2N3. The summed E-state index contributed by atoms with van der Waals surface area (Å²) in [7, 11) is 3.98. The van der Waals surface area contributed by atoms with Crippen molar-refractivity contribution in [1.82, 2.24) is 10.2 Å². The maximum Gasteiger partial charge on any atom is 0.131 e. The largest absolute Gasteiger partial charge is 0.378 e. The van der Waals surface area contributed by atoms with E-state index in [1.807, 2.05) is 43.3 Å². The van der Waals surface area contributed by atoms with Crippen LogP contribution in [0.25, 0.3) is 0 Å². The molecule has 3 nitrogen and oxygen atoms in total. The predicted molar refractivity (Wildman–Crippen MR) is 93.4 cm³/mol. The lowest BCUT2D eigenvalue weighted by atomic mass is 9.95. The zero-order valence-electron chi connectivity index (χ0n) is 14.1. The zero-order chi connectivity index (χ0) is 17.1. The van der Waals surface area contributed by atoms with Gasteiger partial charge in [0.25, 0.3) is 0 Å². The molecule has 1 N–H and O–H groups in total. The van der Waals surface area contributed by atoms with E-state index in [1.165, 1.54) is 6.07 Å². The first-order valence-electron chi connectivity index (χ1n) is 8.23. The highest BCUT2D eigenvalue weighted by atomic mass is 19.1. The zero-order valence-corrected chi connectivity index (χ0v) is 14.1. The molecule has 1 saturated heterocycles. The van der Waals surface area contributed by atoms with Crippen LogP contribution in [0.5, 0.6) is 0 Å². The fourth-order valence-electron chi connectivity index (χ4n) is 3.21. The van der Waals surface area contributed by atoms with Crippen molar-refractivity contribution in [1.29, 1.82) is 0 Å². The number of piperazine rings is 1. The van der Waals surface area contributed by atoms with Gasteiger partial charge in [-0.05, 0) is 23.8 Å². The van der Waals surface area contributed by atoms with Crippen LogP contribution in [0.3, 0.4) is 0 Å². The highest BCUT2D eigenvalue weighted by Crippen LogP contribution is 2.32. The number of hydrogen-bond donors (Lipinski definition) is 1. The first kappa shape index (κ1) is 16.9. The monoisotopic (exact) mass is 331 g/mol. The van der Waals surface area contributed by atoms with Gasteiger partial charge in [-0.25, -0.2) is 8.78 Å². The van der Waals surface area contributed by atoms with Gasteiger partial charge in [-0.2, -0.15) is 0 Å². The highest BCUT2D eigenvalue weighted by molar-refractivity contribution is 5.48. The van der Waals surface area contributed by atoms with Gasteiger partial charge < -0.3 is 10.2 Å². The molecule has 1 atom stereocenters. The number of nitrogens with zero attached hydrogens (tertiary/aromatic N) is 2. The van der Waals surface area contributed by atoms with E-state index in [1.54, 1.807) is 6.07 Å². The van der Waals surface area contributed by atoms with Crippen LogP contribution in [0, 0.1) is 11.6 Å². The lowest BCUT2D eigenvalue weighted by Gasteiger charge is -2.36. The SMILES string of the molecule is CN(C)c1ccc(C(c2ccc(F)cc2F)N2CCNCC2)cc1. The van der Waals surface area contributed by atoms with E-state index >= 15 is 0 Å². The normalized spacial score (nSPS) is 16.8. The Balaban J connectivity index is 2.00. The molecular weight excluding hydrogens is 308 g/mol. The Morgan fingerprint density at radius 3 is 2.25 bits per heavy atom. The molecule has 1 heterocycles. The number of anilines is 1. The second-order valence-electron chi connectivity index (χ2n) is 6.34. The second-order valence-corrected chi connectivity index (χ2v) is 6.34. The standard InChI is InChI=1S/C19H23F2N3/c1-23(2)16-6-3-14(4-7-16)19(24-11-9-22-10-12-24)17-8-5-15(20)13-18(17)21/h3-8,13,19,22H,9-12H2,1-2H3. The van der Waals surface area contributed by atoms with Crippen molar-refractivity contribution >= 4 is 5.69 Å². The van der Waals surface area contributed by atoms with Crippen LogP contribution in [0.15, 0.2) is 42.5 Å². The van der Waals surface area contributed by atoms with Crippen LogP contribution in [-0.4, -0.2) is 45.2 Å². The molecule has 0 bridgehead atoms. The molecule has 128 valence electrons. The summed E-state index contributed by atoms with van der Waals surface area (Å²) in [5.41, 5.74) is 2.64. The molecule has 3 rings (SSSR count). The molecule has 0 aromatic heterocycles. The first-order chi connectivity index (χ1) is 11.6. The summed E-state index contributed by atoms with van der Waals surface area (Å²) in [5, 5.41) is 3.32. The van der Waals surface area contributed by atoms with Crippen molar-refractivity contribution in [2.24, 2.45) is 0 Å². The van der Waals surface area contributed by atoms with Gasteiger partial charge in [0.1, 0.15) is 11.6 Å². The molecule has 1 unspecified atom stereocenters.